The van der Waals surface area contributed by atoms with Crippen LogP contribution in [0.3, 0.4) is 0 Å². The highest BCUT2D eigenvalue weighted by molar-refractivity contribution is 6.30. The van der Waals surface area contributed by atoms with Gasteiger partial charge in [-0.2, -0.15) is 0 Å². The van der Waals surface area contributed by atoms with Crippen LogP contribution in [0.4, 0.5) is 4.39 Å². The SMILES string of the molecule is CCNCc1ccc(COc2cccc(Cl)c2F)nc1. The van der Waals surface area contributed by atoms with Crippen LogP contribution >= 0.6 is 11.6 Å². The molecule has 0 fully saturated rings. The zero-order valence-electron chi connectivity index (χ0n) is 11.2. The number of ether oxygens (including phenoxy) is 1. The Morgan fingerprint density at radius 3 is 2.85 bits per heavy atom. The van der Waals surface area contributed by atoms with Crippen LogP contribution in [-0.4, -0.2) is 11.5 Å². The number of benzene rings is 1. The monoisotopic (exact) mass is 294 g/mol. The molecule has 0 saturated heterocycles. The maximum absolute atomic E-state index is 13.6. The Morgan fingerprint density at radius 1 is 1.30 bits per heavy atom. The van der Waals surface area contributed by atoms with Crippen LogP contribution in [0.2, 0.25) is 5.02 Å². The molecule has 20 heavy (non-hydrogen) atoms. The van der Waals surface area contributed by atoms with E-state index in [2.05, 4.69) is 17.2 Å². The van der Waals surface area contributed by atoms with Gasteiger partial charge in [0.1, 0.15) is 6.61 Å². The van der Waals surface area contributed by atoms with Crippen molar-refractivity contribution in [3.05, 3.63) is 58.6 Å². The summed E-state index contributed by atoms with van der Waals surface area (Å²) in [6.45, 7) is 3.96. The summed E-state index contributed by atoms with van der Waals surface area (Å²) in [6, 6.07) is 8.52. The molecule has 3 nitrogen and oxygen atoms in total. The maximum Gasteiger partial charge on any atom is 0.183 e. The van der Waals surface area contributed by atoms with Gasteiger partial charge in [-0.25, -0.2) is 4.39 Å². The van der Waals surface area contributed by atoms with Gasteiger partial charge in [0.25, 0.3) is 0 Å². The van der Waals surface area contributed by atoms with Gasteiger partial charge in [0.2, 0.25) is 0 Å². The molecule has 106 valence electrons. The van der Waals surface area contributed by atoms with Crippen molar-refractivity contribution in [1.29, 1.82) is 0 Å². The third kappa shape index (κ3) is 3.92. The molecule has 1 heterocycles. The van der Waals surface area contributed by atoms with Crippen molar-refractivity contribution in [3.8, 4) is 5.75 Å². The Kier molecular flexibility index (Phi) is 5.32. The first-order valence-electron chi connectivity index (χ1n) is 6.42. The van der Waals surface area contributed by atoms with E-state index in [0.717, 1.165) is 24.3 Å². The van der Waals surface area contributed by atoms with Gasteiger partial charge < -0.3 is 10.1 Å². The third-order valence-corrected chi connectivity index (χ3v) is 3.05. The molecular weight excluding hydrogens is 279 g/mol. The van der Waals surface area contributed by atoms with Crippen LogP contribution in [0.5, 0.6) is 5.75 Å². The lowest BCUT2D eigenvalue weighted by molar-refractivity contribution is 0.286. The van der Waals surface area contributed by atoms with Gasteiger partial charge in [-0.15, -0.1) is 0 Å². The number of pyridine rings is 1. The number of nitrogens with one attached hydrogen (secondary N) is 1. The summed E-state index contributed by atoms with van der Waals surface area (Å²) in [6.07, 6.45) is 1.79. The van der Waals surface area contributed by atoms with Crippen LogP contribution in [0.15, 0.2) is 36.5 Å². The normalized spacial score (nSPS) is 10.6. The van der Waals surface area contributed by atoms with E-state index < -0.39 is 5.82 Å². The Morgan fingerprint density at radius 2 is 2.15 bits per heavy atom. The Bertz CT molecular complexity index is 560. The largest absolute Gasteiger partial charge is 0.484 e. The lowest BCUT2D eigenvalue weighted by Gasteiger charge is -2.08. The summed E-state index contributed by atoms with van der Waals surface area (Å²) in [5.74, 6) is -0.408. The Labute approximate surface area is 122 Å². The fourth-order valence-electron chi connectivity index (χ4n) is 1.66. The molecule has 5 heteroatoms. The zero-order chi connectivity index (χ0) is 14.4. The number of aromatic nitrogens is 1. The van der Waals surface area contributed by atoms with Crippen LogP contribution in [0.25, 0.3) is 0 Å². The molecule has 0 bridgehead atoms. The average Bonchev–Trinajstić information content (AvgIpc) is 2.48. The zero-order valence-corrected chi connectivity index (χ0v) is 12.0. The molecule has 1 N–H and O–H groups in total. The van der Waals surface area contributed by atoms with Crippen molar-refractivity contribution in [2.75, 3.05) is 6.54 Å². The molecule has 0 aliphatic carbocycles. The molecular formula is C15H16ClFN2O. The van der Waals surface area contributed by atoms with E-state index in [1.54, 1.807) is 18.3 Å². The van der Waals surface area contributed by atoms with Gasteiger partial charge >= 0.3 is 0 Å². The number of rotatable bonds is 6. The average molecular weight is 295 g/mol. The van der Waals surface area contributed by atoms with Crippen LogP contribution in [0, 0.1) is 5.82 Å². The van der Waals surface area contributed by atoms with E-state index in [0.29, 0.717) is 0 Å². The number of hydrogen-bond donors (Lipinski definition) is 1. The molecule has 0 spiro atoms. The second-order valence-electron chi connectivity index (χ2n) is 4.28. The minimum atomic E-state index is -0.544. The molecule has 0 aliphatic heterocycles. The van der Waals surface area contributed by atoms with E-state index in [1.807, 2.05) is 12.1 Å². The van der Waals surface area contributed by atoms with Crippen molar-refractivity contribution in [2.45, 2.75) is 20.1 Å². The minimum Gasteiger partial charge on any atom is -0.484 e. The second-order valence-corrected chi connectivity index (χ2v) is 4.69. The predicted molar refractivity (Wildman–Crippen MR) is 77.4 cm³/mol. The standard InChI is InChI=1S/C15H16ClFN2O/c1-2-18-8-11-6-7-12(19-9-11)10-20-14-5-3-4-13(16)15(14)17/h3-7,9,18H,2,8,10H2,1H3. The number of hydrogen-bond acceptors (Lipinski definition) is 3. The van der Waals surface area contributed by atoms with Gasteiger partial charge in [0.05, 0.1) is 10.7 Å². The van der Waals surface area contributed by atoms with Crippen molar-refractivity contribution in [3.63, 3.8) is 0 Å². The molecule has 0 atom stereocenters. The number of nitrogens with zero attached hydrogens (tertiary/aromatic N) is 1. The van der Waals surface area contributed by atoms with Gasteiger partial charge in [-0.05, 0) is 30.3 Å². The molecule has 0 amide bonds. The van der Waals surface area contributed by atoms with Crippen molar-refractivity contribution in [2.24, 2.45) is 0 Å². The first kappa shape index (κ1) is 14.8. The summed E-state index contributed by atoms with van der Waals surface area (Å²) in [5.41, 5.74) is 1.84. The van der Waals surface area contributed by atoms with E-state index in [9.17, 15) is 4.39 Å². The van der Waals surface area contributed by atoms with Crippen molar-refractivity contribution in [1.82, 2.24) is 10.3 Å². The number of halogens is 2. The molecule has 0 unspecified atom stereocenters. The molecule has 0 radical (unpaired) electrons. The molecule has 2 rings (SSSR count). The first-order chi connectivity index (χ1) is 9.70. The molecule has 1 aromatic heterocycles. The lowest BCUT2D eigenvalue weighted by atomic mass is 10.2. The second kappa shape index (κ2) is 7.22. The highest BCUT2D eigenvalue weighted by Gasteiger charge is 2.07. The van der Waals surface area contributed by atoms with Gasteiger partial charge in [-0.3, -0.25) is 4.98 Å². The summed E-state index contributed by atoms with van der Waals surface area (Å²) in [5, 5.41) is 3.27. The van der Waals surface area contributed by atoms with E-state index in [-0.39, 0.29) is 17.4 Å². The fourth-order valence-corrected chi connectivity index (χ4v) is 1.83. The van der Waals surface area contributed by atoms with Gasteiger partial charge in [0, 0.05) is 12.7 Å². The molecule has 1 aromatic carbocycles. The van der Waals surface area contributed by atoms with E-state index in [4.69, 9.17) is 16.3 Å². The quantitative estimate of drug-likeness (QED) is 0.884. The van der Waals surface area contributed by atoms with E-state index in [1.165, 1.54) is 6.07 Å². The summed E-state index contributed by atoms with van der Waals surface area (Å²) in [7, 11) is 0. The summed E-state index contributed by atoms with van der Waals surface area (Å²) in [4.78, 5) is 4.28. The highest BCUT2D eigenvalue weighted by Crippen LogP contribution is 2.24. The van der Waals surface area contributed by atoms with Gasteiger partial charge in [-0.1, -0.05) is 30.7 Å². The Balaban J connectivity index is 1.95. The third-order valence-electron chi connectivity index (χ3n) is 2.76. The van der Waals surface area contributed by atoms with Crippen LogP contribution in [0.1, 0.15) is 18.2 Å². The fraction of sp³-hybridized carbons (Fsp3) is 0.267. The van der Waals surface area contributed by atoms with Crippen molar-refractivity contribution >= 4 is 11.6 Å². The molecule has 2 aromatic rings. The van der Waals surface area contributed by atoms with Crippen LogP contribution < -0.4 is 10.1 Å². The highest BCUT2D eigenvalue weighted by atomic mass is 35.5. The Hall–Kier alpha value is -1.65. The lowest BCUT2D eigenvalue weighted by Crippen LogP contribution is -2.12. The predicted octanol–water partition coefficient (Wildman–Crippen LogP) is 3.56. The van der Waals surface area contributed by atoms with Crippen molar-refractivity contribution < 1.29 is 9.13 Å². The minimum absolute atomic E-state index is 0.0523. The topological polar surface area (TPSA) is 34.1 Å². The summed E-state index contributed by atoms with van der Waals surface area (Å²) < 4.78 is 19.0. The maximum atomic E-state index is 13.6. The van der Waals surface area contributed by atoms with Crippen LogP contribution in [-0.2, 0) is 13.2 Å². The first-order valence-corrected chi connectivity index (χ1v) is 6.80. The van der Waals surface area contributed by atoms with Gasteiger partial charge in [0.15, 0.2) is 11.6 Å². The smallest absolute Gasteiger partial charge is 0.183 e. The van der Waals surface area contributed by atoms with E-state index >= 15 is 0 Å². The molecule has 0 saturated carbocycles. The summed E-state index contributed by atoms with van der Waals surface area (Å²) >= 11 is 5.69. The molecule has 0 aliphatic rings.